The first kappa shape index (κ1) is 19.0. The quantitative estimate of drug-likeness (QED) is 0.607. The number of tetrazole rings is 1. The van der Waals surface area contributed by atoms with Crippen molar-refractivity contribution >= 4 is 17.6 Å². The summed E-state index contributed by atoms with van der Waals surface area (Å²) in [6.07, 6.45) is 1.49. The normalized spacial score (nSPS) is 10.5. The number of carbonyl (C=O) groups excluding carboxylic acids is 2. The average molecular weight is 379 g/mol. The van der Waals surface area contributed by atoms with Gasteiger partial charge in [0.1, 0.15) is 6.33 Å². The molecular formula is C19H21N7O2. The van der Waals surface area contributed by atoms with E-state index in [-0.39, 0.29) is 18.0 Å². The molecule has 0 saturated carbocycles. The van der Waals surface area contributed by atoms with Gasteiger partial charge in [0.25, 0.3) is 5.91 Å². The fourth-order valence-electron chi connectivity index (χ4n) is 2.46. The Labute approximate surface area is 162 Å². The summed E-state index contributed by atoms with van der Waals surface area (Å²) in [5, 5.41) is 19.3. The van der Waals surface area contributed by atoms with E-state index < -0.39 is 0 Å². The number of anilines is 1. The highest BCUT2D eigenvalue weighted by atomic mass is 16.2. The summed E-state index contributed by atoms with van der Waals surface area (Å²) >= 11 is 0. The number of aromatic nitrogens is 4. The first-order chi connectivity index (χ1) is 13.5. The maximum atomic E-state index is 12.3. The molecule has 3 aromatic rings. The summed E-state index contributed by atoms with van der Waals surface area (Å²) in [6, 6.07) is 14.1. The summed E-state index contributed by atoms with van der Waals surface area (Å²) in [5.74, 6) is -0.179. The van der Waals surface area contributed by atoms with E-state index in [0.717, 1.165) is 11.3 Å². The Hall–Kier alpha value is -3.75. The fourth-order valence-corrected chi connectivity index (χ4v) is 2.46. The molecule has 3 N–H and O–H groups in total. The molecule has 0 radical (unpaired) electrons. The standard InChI is InChI=1S/C19H21N7O2/c1-13(2)22-19(28)23-16-7-3-14(4-8-16)11-20-18(27)15-5-9-17(10-6-15)26-12-21-24-25-26/h3-10,12-13H,11H2,1-2H3,(H,20,27)(H2,22,23,28). The van der Waals surface area contributed by atoms with Crippen molar-refractivity contribution in [2.45, 2.75) is 26.4 Å². The van der Waals surface area contributed by atoms with Gasteiger partial charge in [-0.15, -0.1) is 5.10 Å². The fraction of sp³-hybridized carbons (Fsp3) is 0.211. The second kappa shape index (κ2) is 8.76. The van der Waals surface area contributed by atoms with Gasteiger partial charge in [-0.1, -0.05) is 12.1 Å². The number of urea groups is 1. The predicted octanol–water partition coefficient (Wildman–Crippen LogP) is 2.12. The minimum absolute atomic E-state index is 0.0661. The van der Waals surface area contributed by atoms with Crippen molar-refractivity contribution in [2.75, 3.05) is 5.32 Å². The minimum Gasteiger partial charge on any atom is -0.348 e. The van der Waals surface area contributed by atoms with Crippen molar-refractivity contribution in [3.05, 3.63) is 66.0 Å². The van der Waals surface area contributed by atoms with Crippen LogP contribution in [0.3, 0.4) is 0 Å². The molecule has 144 valence electrons. The molecule has 0 aliphatic carbocycles. The lowest BCUT2D eigenvalue weighted by Crippen LogP contribution is -2.34. The zero-order valence-corrected chi connectivity index (χ0v) is 15.6. The molecule has 0 atom stereocenters. The van der Waals surface area contributed by atoms with Crippen LogP contribution < -0.4 is 16.0 Å². The third kappa shape index (κ3) is 5.13. The van der Waals surface area contributed by atoms with Crippen molar-refractivity contribution < 1.29 is 9.59 Å². The van der Waals surface area contributed by atoms with Gasteiger partial charge in [-0.05, 0) is 66.2 Å². The van der Waals surface area contributed by atoms with E-state index in [1.165, 1.54) is 11.0 Å². The largest absolute Gasteiger partial charge is 0.348 e. The molecule has 0 aliphatic rings. The summed E-state index contributed by atoms with van der Waals surface area (Å²) in [5.41, 5.74) is 2.92. The lowest BCUT2D eigenvalue weighted by molar-refractivity contribution is 0.0951. The summed E-state index contributed by atoms with van der Waals surface area (Å²) in [7, 11) is 0. The predicted molar refractivity (Wildman–Crippen MR) is 104 cm³/mol. The van der Waals surface area contributed by atoms with Crippen molar-refractivity contribution in [1.29, 1.82) is 0 Å². The summed E-state index contributed by atoms with van der Waals surface area (Å²) in [6.45, 7) is 4.17. The molecule has 0 spiro atoms. The Morgan fingerprint density at radius 3 is 2.36 bits per heavy atom. The molecule has 1 heterocycles. The number of nitrogens with one attached hydrogen (secondary N) is 3. The van der Waals surface area contributed by atoms with E-state index in [4.69, 9.17) is 0 Å². The van der Waals surface area contributed by atoms with Crippen molar-refractivity contribution in [3.63, 3.8) is 0 Å². The van der Waals surface area contributed by atoms with Gasteiger partial charge in [-0.2, -0.15) is 0 Å². The van der Waals surface area contributed by atoms with Crippen LogP contribution >= 0.6 is 0 Å². The first-order valence-electron chi connectivity index (χ1n) is 8.79. The highest BCUT2D eigenvalue weighted by Gasteiger charge is 2.07. The molecule has 2 aromatic carbocycles. The molecule has 1 aromatic heterocycles. The Kier molecular flexibility index (Phi) is 5.95. The van der Waals surface area contributed by atoms with Gasteiger partial charge in [0.15, 0.2) is 0 Å². The molecule has 0 bridgehead atoms. The van der Waals surface area contributed by atoms with Crippen LogP contribution in [0.2, 0.25) is 0 Å². The molecule has 9 nitrogen and oxygen atoms in total. The number of hydrogen-bond donors (Lipinski definition) is 3. The zero-order chi connectivity index (χ0) is 19.9. The van der Waals surface area contributed by atoms with Crippen LogP contribution in [0.15, 0.2) is 54.9 Å². The van der Waals surface area contributed by atoms with Crippen molar-refractivity contribution in [2.24, 2.45) is 0 Å². The third-order valence-corrected chi connectivity index (χ3v) is 3.83. The Balaban J connectivity index is 1.52. The van der Waals surface area contributed by atoms with E-state index in [2.05, 4.69) is 31.5 Å². The molecular weight excluding hydrogens is 358 g/mol. The maximum Gasteiger partial charge on any atom is 0.319 e. The topological polar surface area (TPSA) is 114 Å². The maximum absolute atomic E-state index is 12.3. The highest BCUT2D eigenvalue weighted by Crippen LogP contribution is 2.11. The Bertz CT molecular complexity index is 920. The van der Waals surface area contributed by atoms with E-state index in [9.17, 15) is 9.59 Å². The number of amides is 3. The number of nitrogens with zero attached hydrogens (tertiary/aromatic N) is 4. The van der Waals surface area contributed by atoms with Gasteiger partial charge in [-0.3, -0.25) is 4.79 Å². The van der Waals surface area contributed by atoms with Crippen LogP contribution in [0.1, 0.15) is 29.8 Å². The number of carbonyl (C=O) groups is 2. The van der Waals surface area contributed by atoms with Gasteiger partial charge < -0.3 is 16.0 Å². The molecule has 0 saturated heterocycles. The second-order valence-corrected chi connectivity index (χ2v) is 6.43. The van der Waals surface area contributed by atoms with Crippen LogP contribution in [0, 0.1) is 0 Å². The van der Waals surface area contributed by atoms with Crippen LogP contribution in [0.5, 0.6) is 0 Å². The number of rotatable bonds is 6. The SMILES string of the molecule is CC(C)NC(=O)Nc1ccc(CNC(=O)c2ccc(-n3cnnn3)cc2)cc1. The molecule has 9 heteroatoms. The lowest BCUT2D eigenvalue weighted by atomic mass is 10.1. The lowest BCUT2D eigenvalue weighted by Gasteiger charge is -2.11. The molecule has 0 unspecified atom stereocenters. The molecule has 3 amide bonds. The third-order valence-electron chi connectivity index (χ3n) is 3.83. The highest BCUT2D eigenvalue weighted by molar-refractivity contribution is 5.94. The van der Waals surface area contributed by atoms with Crippen LogP contribution in [-0.4, -0.2) is 38.2 Å². The van der Waals surface area contributed by atoms with Crippen LogP contribution in [0.25, 0.3) is 5.69 Å². The van der Waals surface area contributed by atoms with Crippen LogP contribution in [-0.2, 0) is 6.54 Å². The minimum atomic E-state index is -0.249. The second-order valence-electron chi connectivity index (χ2n) is 6.43. The van der Waals surface area contributed by atoms with Gasteiger partial charge >= 0.3 is 6.03 Å². The van der Waals surface area contributed by atoms with Crippen molar-refractivity contribution in [1.82, 2.24) is 30.8 Å². The van der Waals surface area contributed by atoms with Crippen LogP contribution in [0.4, 0.5) is 10.5 Å². The van der Waals surface area contributed by atoms with Crippen molar-refractivity contribution in [3.8, 4) is 5.69 Å². The van der Waals surface area contributed by atoms with Gasteiger partial charge in [0.2, 0.25) is 0 Å². The van der Waals surface area contributed by atoms with E-state index in [0.29, 0.717) is 17.8 Å². The summed E-state index contributed by atoms with van der Waals surface area (Å²) in [4.78, 5) is 24.0. The van der Waals surface area contributed by atoms with E-state index in [1.54, 1.807) is 36.4 Å². The summed E-state index contributed by atoms with van der Waals surface area (Å²) < 4.78 is 1.51. The zero-order valence-electron chi connectivity index (χ0n) is 15.6. The number of hydrogen-bond acceptors (Lipinski definition) is 5. The van der Waals surface area contributed by atoms with Gasteiger partial charge in [0.05, 0.1) is 5.69 Å². The number of benzene rings is 2. The molecule has 0 aliphatic heterocycles. The van der Waals surface area contributed by atoms with E-state index in [1.807, 2.05) is 26.0 Å². The van der Waals surface area contributed by atoms with Gasteiger partial charge in [-0.25, -0.2) is 9.48 Å². The van der Waals surface area contributed by atoms with Gasteiger partial charge in [0, 0.05) is 23.8 Å². The molecule has 0 fully saturated rings. The molecule has 28 heavy (non-hydrogen) atoms. The smallest absolute Gasteiger partial charge is 0.319 e. The Morgan fingerprint density at radius 1 is 1.04 bits per heavy atom. The monoisotopic (exact) mass is 379 g/mol. The van der Waals surface area contributed by atoms with E-state index >= 15 is 0 Å². The Morgan fingerprint density at radius 2 is 1.75 bits per heavy atom. The molecule has 3 rings (SSSR count). The average Bonchev–Trinajstić information content (AvgIpc) is 3.21. The first-order valence-corrected chi connectivity index (χ1v) is 8.79.